The fraction of sp³-hybridized carbons (Fsp3) is 0.364. The molecule has 1 atom stereocenters. The number of carbonyl (C=O) groups is 1. The Morgan fingerprint density at radius 3 is 2.41 bits per heavy atom. The average molecular weight is 417 g/mol. The number of ether oxygens (including phenoxy) is 3. The highest BCUT2D eigenvalue weighted by molar-refractivity contribution is 7.80. The Balaban J connectivity index is 2.11. The molecule has 1 unspecified atom stereocenters. The van der Waals surface area contributed by atoms with E-state index in [1.165, 1.54) is 7.11 Å². The summed E-state index contributed by atoms with van der Waals surface area (Å²) in [6.07, 6.45) is 0. The minimum absolute atomic E-state index is 0.0611. The third kappa shape index (κ3) is 6.09. The second kappa shape index (κ2) is 10.7. The summed E-state index contributed by atoms with van der Waals surface area (Å²) in [7, 11) is 1.36. The molecule has 156 valence electrons. The first-order valence-corrected chi connectivity index (χ1v) is 9.96. The van der Waals surface area contributed by atoms with E-state index < -0.39 is 5.97 Å². The molecule has 0 aliphatic carbocycles. The molecule has 0 bridgehead atoms. The van der Waals surface area contributed by atoms with E-state index >= 15 is 0 Å². The van der Waals surface area contributed by atoms with E-state index in [0.717, 1.165) is 22.6 Å². The molecule has 0 saturated carbocycles. The van der Waals surface area contributed by atoms with Crippen molar-refractivity contribution < 1.29 is 19.0 Å². The molecule has 2 N–H and O–H groups in total. The molecule has 2 aromatic carbocycles. The van der Waals surface area contributed by atoms with Gasteiger partial charge in [-0.05, 0) is 75.3 Å². The number of anilines is 1. The predicted octanol–water partition coefficient (Wildman–Crippen LogP) is 4.63. The summed E-state index contributed by atoms with van der Waals surface area (Å²) in [5.74, 6) is 1.04. The highest BCUT2D eigenvalue weighted by Crippen LogP contribution is 2.30. The van der Waals surface area contributed by atoms with Gasteiger partial charge in [-0.25, -0.2) is 4.79 Å². The number of rotatable bonds is 8. The third-order valence-electron chi connectivity index (χ3n) is 4.32. The molecule has 0 aliphatic rings. The molecular weight excluding hydrogens is 388 g/mol. The van der Waals surface area contributed by atoms with Gasteiger partial charge in [-0.3, -0.25) is 0 Å². The highest BCUT2D eigenvalue weighted by atomic mass is 32.1. The number of esters is 1. The van der Waals surface area contributed by atoms with Crippen molar-refractivity contribution in [2.75, 3.05) is 25.6 Å². The quantitative estimate of drug-likeness (QED) is 0.480. The van der Waals surface area contributed by atoms with E-state index in [1.807, 2.05) is 52.0 Å². The van der Waals surface area contributed by atoms with Crippen LogP contribution in [0.5, 0.6) is 11.5 Å². The first kappa shape index (κ1) is 22.5. The first-order valence-electron chi connectivity index (χ1n) is 9.55. The number of hydrogen-bond donors (Lipinski definition) is 2. The van der Waals surface area contributed by atoms with Crippen LogP contribution in [-0.2, 0) is 4.74 Å². The van der Waals surface area contributed by atoms with E-state index in [-0.39, 0.29) is 6.04 Å². The molecule has 0 spiro atoms. The Bertz CT molecular complexity index is 870. The van der Waals surface area contributed by atoms with E-state index in [0.29, 0.717) is 29.6 Å². The maximum atomic E-state index is 11.8. The summed E-state index contributed by atoms with van der Waals surface area (Å²) >= 11 is 5.47. The van der Waals surface area contributed by atoms with Gasteiger partial charge in [-0.15, -0.1) is 0 Å². The van der Waals surface area contributed by atoms with Gasteiger partial charge >= 0.3 is 5.97 Å². The summed E-state index contributed by atoms with van der Waals surface area (Å²) in [4.78, 5) is 11.8. The molecule has 6 nitrogen and oxygen atoms in total. The van der Waals surface area contributed by atoms with Gasteiger partial charge in [-0.1, -0.05) is 12.1 Å². The third-order valence-corrected chi connectivity index (χ3v) is 4.54. The van der Waals surface area contributed by atoms with Gasteiger partial charge in [0.25, 0.3) is 0 Å². The second-order valence-corrected chi connectivity index (χ2v) is 6.82. The number of thiocarbonyl (C=S) groups is 1. The lowest BCUT2D eigenvalue weighted by molar-refractivity contribution is 0.0601. The van der Waals surface area contributed by atoms with Gasteiger partial charge in [0, 0.05) is 5.69 Å². The molecule has 0 heterocycles. The van der Waals surface area contributed by atoms with E-state index in [1.54, 1.807) is 12.1 Å². The van der Waals surface area contributed by atoms with Crippen molar-refractivity contribution in [3.05, 3.63) is 53.1 Å². The largest absolute Gasteiger partial charge is 0.490 e. The summed E-state index contributed by atoms with van der Waals surface area (Å²) in [5.41, 5.74) is 3.19. The lowest BCUT2D eigenvalue weighted by Crippen LogP contribution is -2.31. The number of hydrogen-bond acceptors (Lipinski definition) is 5. The van der Waals surface area contributed by atoms with Crippen molar-refractivity contribution >= 4 is 29.0 Å². The zero-order valence-electron chi connectivity index (χ0n) is 17.5. The first-order chi connectivity index (χ1) is 13.9. The minimum atomic E-state index is -0.391. The van der Waals surface area contributed by atoms with Gasteiger partial charge in [0.2, 0.25) is 0 Å². The topological polar surface area (TPSA) is 68.8 Å². The molecule has 0 radical (unpaired) electrons. The van der Waals surface area contributed by atoms with Gasteiger partial charge in [0.15, 0.2) is 16.6 Å². The zero-order valence-corrected chi connectivity index (χ0v) is 18.3. The molecule has 0 fully saturated rings. The van der Waals surface area contributed by atoms with Crippen molar-refractivity contribution in [1.82, 2.24) is 5.32 Å². The number of methoxy groups -OCH3 is 1. The van der Waals surface area contributed by atoms with E-state index in [4.69, 9.17) is 26.4 Å². The van der Waals surface area contributed by atoms with Crippen LogP contribution in [0.15, 0.2) is 36.4 Å². The molecule has 0 amide bonds. The van der Waals surface area contributed by atoms with Crippen LogP contribution in [0.3, 0.4) is 0 Å². The van der Waals surface area contributed by atoms with Gasteiger partial charge < -0.3 is 24.8 Å². The summed E-state index contributed by atoms with van der Waals surface area (Å²) in [6, 6.07) is 11.1. The lowest BCUT2D eigenvalue weighted by atomic mass is 10.1. The van der Waals surface area contributed by atoms with E-state index in [9.17, 15) is 4.79 Å². The molecular formula is C22H28N2O4S. The Morgan fingerprint density at radius 1 is 1.07 bits per heavy atom. The Morgan fingerprint density at radius 2 is 1.76 bits per heavy atom. The average Bonchev–Trinajstić information content (AvgIpc) is 2.70. The van der Waals surface area contributed by atoms with Crippen molar-refractivity contribution in [3.63, 3.8) is 0 Å². The van der Waals surface area contributed by atoms with Crippen LogP contribution in [0.2, 0.25) is 0 Å². The van der Waals surface area contributed by atoms with Gasteiger partial charge in [-0.2, -0.15) is 0 Å². The molecule has 0 saturated heterocycles. The Kier molecular flexibility index (Phi) is 8.27. The van der Waals surface area contributed by atoms with Gasteiger partial charge in [0.1, 0.15) is 0 Å². The second-order valence-electron chi connectivity index (χ2n) is 6.41. The van der Waals surface area contributed by atoms with Crippen molar-refractivity contribution in [3.8, 4) is 11.5 Å². The molecule has 7 heteroatoms. The Labute approximate surface area is 177 Å². The standard InChI is InChI=1S/C22H28N2O4S/c1-6-27-19-11-10-16(13-20(19)28-7-2)15(4)23-22(29)24-18-12-17(21(25)26-5)9-8-14(18)3/h8-13,15H,6-7H2,1-5H3,(H2,23,24,29). The van der Waals surface area contributed by atoms with Crippen molar-refractivity contribution in [2.24, 2.45) is 0 Å². The Hall–Kier alpha value is -2.80. The lowest BCUT2D eigenvalue weighted by Gasteiger charge is -2.20. The normalized spacial score (nSPS) is 11.3. The molecule has 0 aromatic heterocycles. The summed E-state index contributed by atoms with van der Waals surface area (Å²) in [5, 5.41) is 6.87. The number of carbonyl (C=O) groups excluding carboxylic acids is 1. The SMILES string of the molecule is CCOc1ccc(C(C)NC(=S)Nc2cc(C(=O)OC)ccc2C)cc1OCC. The van der Waals surface area contributed by atoms with Crippen LogP contribution in [0.1, 0.15) is 48.3 Å². The fourth-order valence-corrected chi connectivity index (χ4v) is 3.06. The molecule has 2 aromatic rings. The number of nitrogens with one attached hydrogen (secondary N) is 2. The predicted molar refractivity (Wildman–Crippen MR) is 119 cm³/mol. The van der Waals surface area contributed by atoms with Crippen LogP contribution in [0.25, 0.3) is 0 Å². The highest BCUT2D eigenvalue weighted by Gasteiger charge is 2.13. The zero-order chi connectivity index (χ0) is 21.4. The smallest absolute Gasteiger partial charge is 0.337 e. The van der Waals surface area contributed by atoms with Crippen LogP contribution in [-0.4, -0.2) is 31.4 Å². The molecule has 0 aliphatic heterocycles. The maximum Gasteiger partial charge on any atom is 0.337 e. The van der Waals surface area contributed by atoms with Crippen LogP contribution < -0.4 is 20.1 Å². The van der Waals surface area contributed by atoms with Gasteiger partial charge in [0.05, 0.1) is 31.9 Å². The monoisotopic (exact) mass is 416 g/mol. The van der Waals surface area contributed by atoms with Crippen LogP contribution in [0.4, 0.5) is 5.69 Å². The van der Waals surface area contributed by atoms with E-state index in [2.05, 4.69) is 10.6 Å². The maximum absolute atomic E-state index is 11.8. The molecule has 2 rings (SSSR count). The summed E-state index contributed by atoms with van der Waals surface area (Å²) < 4.78 is 16.1. The minimum Gasteiger partial charge on any atom is -0.490 e. The summed E-state index contributed by atoms with van der Waals surface area (Å²) in [6.45, 7) is 8.96. The fourth-order valence-electron chi connectivity index (χ4n) is 2.78. The van der Waals surface area contributed by atoms with Crippen molar-refractivity contribution in [2.45, 2.75) is 33.7 Å². The number of aryl methyl sites for hydroxylation is 1. The van der Waals surface area contributed by atoms with Crippen LogP contribution in [0, 0.1) is 6.92 Å². The number of benzene rings is 2. The van der Waals surface area contributed by atoms with Crippen molar-refractivity contribution in [1.29, 1.82) is 0 Å². The molecule has 29 heavy (non-hydrogen) atoms. The van der Waals surface area contributed by atoms with Crippen LogP contribution >= 0.6 is 12.2 Å².